The molecule has 1 unspecified atom stereocenters. The highest BCUT2D eigenvalue weighted by atomic mass is 16.5. The number of nitrogens with one attached hydrogen (secondary N) is 6. The summed E-state index contributed by atoms with van der Waals surface area (Å²) in [6, 6.07) is 30.2. The molecule has 9 amide bonds. The molecule has 6 aromatic rings. The average Bonchev–Trinajstić information content (AvgIpc) is 1.44. The van der Waals surface area contributed by atoms with Crippen LogP contribution < -0.4 is 31.9 Å². The average molecular weight is 1360 g/mol. The van der Waals surface area contributed by atoms with Crippen molar-refractivity contribution in [3.05, 3.63) is 194 Å². The van der Waals surface area contributed by atoms with Crippen molar-refractivity contribution < 1.29 is 77.9 Å². The summed E-state index contributed by atoms with van der Waals surface area (Å²) in [5.41, 5.74) is 10.3. The first-order valence-electron chi connectivity index (χ1n) is 40.1. The summed E-state index contributed by atoms with van der Waals surface area (Å²) < 4.78 is 139. The third-order valence-electron chi connectivity index (χ3n) is 18.0. The van der Waals surface area contributed by atoms with Gasteiger partial charge in [-0.1, -0.05) is 91.0 Å². The van der Waals surface area contributed by atoms with Gasteiger partial charge in [-0.25, -0.2) is 0 Å². The Bertz CT molecular complexity index is 4320. The molecule has 6 N–H and O–H groups in total. The van der Waals surface area contributed by atoms with Gasteiger partial charge in [0.2, 0.25) is 35.4 Å². The van der Waals surface area contributed by atoms with Crippen LogP contribution >= 0.6 is 0 Å². The number of amides is 9. The van der Waals surface area contributed by atoms with Gasteiger partial charge in [-0.05, 0) is 88.9 Å². The molecule has 9 heterocycles. The van der Waals surface area contributed by atoms with Crippen molar-refractivity contribution in [2.24, 2.45) is 0 Å². The monoisotopic (exact) mass is 1360 g/mol. The zero-order valence-electron chi connectivity index (χ0n) is 69.1. The van der Waals surface area contributed by atoms with Gasteiger partial charge in [0.25, 0.3) is 17.7 Å². The topological polar surface area (TPSA) is 273 Å². The Morgan fingerprint density at radius 1 is 0.364 bits per heavy atom. The summed E-state index contributed by atoms with van der Waals surface area (Å²) in [7, 11) is 0. The maximum atomic E-state index is 13.3. The van der Waals surface area contributed by atoms with Gasteiger partial charge in [0, 0.05) is 184 Å². The van der Waals surface area contributed by atoms with Crippen LogP contribution in [0.25, 0.3) is 0 Å². The van der Waals surface area contributed by atoms with Gasteiger partial charge in [0.15, 0.2) is 0 Å². The van der Waals surface area contributed by atoms with Gasteiger partial charge >= 0.3 is 0 Å². The molecule has 6 fully saturated rings. The molecule has 0 spiro atoms. The molecule has 15 rings (SSSR count). The zero-order chi connectivity index (χ0) is 81.9. The maximum absolute atomic E-state index is 13.3. The number of hydrogen-bond donors (Lipinski definition) is 6. The number of carbonyl (C=O) groups excluding carboxylic acids is 9. The lowest BCUT2D eigenvalue weighted by atomic mass is 10.0. The van der Waals surface area contributed by atoms with Crippen LogP contribution in [0, 0.1) is 0 Å². The minimum atomic E-state index is -3.30. The molecule has 6 saturated heterocycles. The lowest BCUT2D eigenvalue weighted by Crippen LogP contribution is -2.52. The highest BCUT2D eigenvalue weighted by Gasteiger charge is 2.43. The first-order valence-corrected chi connectivity index (χ1v) is 32.6. The number of imide groups is 3. The number of benzene rings is 6. The number of hydrogen-bond acceptors (Lipinski definition) is 18. The molecule has 0 aromatic heterocycles. The van der Waals surface area contributed by atoms with Gasteiger partial charge in [0.1, 0.15) is 18.1 Å². The number of piperidine rings is 3. The van der Waals surface area contributed by atoms with Crippen LogP contribution in [0.3, 0.4) is 0 Å². The first-order chi connectivity index (χ1) is 53.9. The fourth-order valence-corrected chi connectivity index (χ4v) is 12.6. The van der Waals surface area contributed by atoms with Crippen molar-refractivity contribution in [1.29, 1.82) is 0 Å². The van der Waals surface area contributed by atoms with E-state index in [0.717, 1.165) is 115 Å². The van der Waals surface area contributed by atoms with E-state index < -0.39 is 109 Å². The second-order valence-electron chi connectivity index (χ2n) is 24.5. The van der Waals surface area contributed by atoms with Crippen LogP contribution in [0.15, 0.2) is 127 Å². The summed E-state index contributed by atoms with van der Waals surface area (Å²) in [5.74, 6) is -10.9. The molecule has 99 heavy (non-hydrogen) atoms. The maximum Gasteiger partial charge on any atom is 0.255 e. The quantitative estimate of drug-likeness (QED) is 0.0565. The summed E-state index contributed by atoms with van der Waals surface area (Å²) >= 11 is 0. The normalized spacial score (nSPS) is 28.7. The lowest BCUT2D eigenvalue weighted by molar-refractivity contribution is -0.138. The smallest absolute Gasteiger partial charge is 0.255 e. The van der Waals surface area contributed by atoms with Crippen molar-refractivity contribution >= 4 is 70.2 Å². The van der Waals surface area contributed by atoms with Gasteiger partial charge in [-0.3, -0.25) is 73.8 Å². The largest absolute Gasteiger partial charge is 0.381 e. The Morgan fingerprint density at radius 3 is 0.879 bits per heavy atom. The van der Waals surface area contributed by atoms with Gasteiger partial charge < -0.3 is 44.9 Å². The number of anilines is 3. The van der Waals surface area contributed by atoms with Gasteiger partial charge in [-0.15, -0.1) is 0 Å². The Morgan fingerprint density at radius 2 is 0.616 bits per heavy atom. The molecule has 516 valence electrons. The molecule has 3 atom stereocenters. The molecule has 0 radical (unpaired) electrons. The Kier molecular flexibility index (Phi) is 16.4. The predicted molar refractivity (Wildman–Crippen MR) is 367 cm³/mol. The third kappa shape index (κ3) is 16.4. The molecule has 6 aromatic carbocycles. The number of nitrogens with zero attached hydrogens (tertiary/aromatic N) is 6. The second-order valence-corrected chi connectivity index (χ2v) is 24.5. The molecular weight excluding hydrogens is 1260 g/mol. The Labute approximate surface area is 596 Å². The van der Waals surface area contributed by atoms with Crippen LogP contribution in [0.2, 0.25) is 0 Å². The van der Waals surface area contributed by atoms with Crippen LogP contribution in [0.4, 0.5) is 17.1 Å². The van der Waals surface area contributed by atoms with Gasteiger partial charge in [0.05, 0.1) is 43.8 Å². The number of carbonyl (C=O) groups is 9. The SMILES string of the molecule is [2H]C1([2H])C(=O)NC(=O)C([2H])(N2Cc3c(NCc4ccc(CN5CCOCC5)cc4)cccc3C2=O)C1([2H])[2H].[2H]C1([2H])C(=O)NC(=O)[C@@]([2H])(N2Cc3c(NCc4ccc(CN5CCOCC5)cc4)cccc3C2=O)C1([2H])[2H].[2H]C1([2H])C(=O)NC(=O)[C@]([2H])(N2Cc3c(NCc4ccc(CN5CCOCC5)cc4)cccc3C2=O)C1([2H])[2H]. The fourth-order valence-electron chi connectivity index (χ4n) is 12.6. The van der Waals surface area contributed by atoms with Gasteiger partial charge in [-0.2, -0.15) is 0 Å². The van der Waals surface area contributed by atoms with Crippen molar-refractivity contribution in [1.82, 2.24) is 45.3 Å². The van der Waals surface area contributed by atoms with E-state index in [1.165, 1.54) is 34.9 Å². The molecular formula is C75H84N12O12. The van der Waals surface area contributed by atoms with Crippen molar-refractivity contribution in [3.63, 3.8) is 0 Å². The predicted octanol–water partition coefficient (Wildman–Crippen LogP) is 5.68. The Hall–Kier alpha value is -9.69. The van der Waals surface area contributed by atoms with E-state index in [4.69, 9.17) is 34.8 Å². The van der Waals surface area contributed by atoms with E-state index >= 15 is 0 Å². The summed E-state index contributed by atoms with van der Waals surface area (Å²) in [4.78, 5) is 123. The molecule has 24 nitrogen and oxygen atoms in total. The van der Waals surface area contributed by atoms with E-state index in [-0.39, 0.29) is 36.3 Å². The number of fused-ring (bicyclic) bond motifs is 3. The fraction of sp³-hybridized carbons (Fsp3) is 0.400. The highest BCUT2D eigenvalue weighted by molar-refractivity contribution is 6.08. The van der Waals surface area contributed by atoms with E-state index in [2.05, 4.69) is 67.0 Å². The van der Waals surface area contributed by atoms with Crippen molar-refractivity contribution in [2.45, 2.75) is 115 Å². The third-order valence-corrected chi connectivity index (χ3v) is 18.0. The molecule has 0 bridgehead atoms. The van der Waals surface area contributed by atoms with Crippen molar-refractivity contribution in [2.75, 3.05) is 94.9 Å². The van der Waals surface area contributed by atoms with Crippen LogP contribution in [0.5, 0.6) is 0 Å². The minimum absolute atomic E-state index is 0.184. The molecule has 9 aliphatic rings. The van der Waals surface area contributed by atoms with E-state index in [1.807, 2.05) is 36.4 Å². The highest BCUT2D eigenvalue weighted by Crippen LogP contribution is 2.36. The molecule has 9 aliphatic heterocycles. The van der Waals surface area contributed by atoms with E-state index in [9.17, 15) is 43.2 Å². The zero-order valence-corrected chi connectivity index (χ0v) is 54.1. The first kappa shape index (κ1) is 51.5. The number of rotatable bonds is 18. The Balaban J connectivity index is 0.000000149. The molecule has 0 saturated carbocycles. The summed E-state index contributed by atoms with van der Waals surface area (Å²) in [6.07, 6.45) is -19.5. The standard InChI is InChI=1S/3C25H28N4O4/c3*30-23-9-8-22(24(31)27-23)29-16-20-19(25(29)32)2-1-3-21(20)26-14-17-4-6-18(7-5-17)15-28-10-12-33-13-11-28/h3*1-7,22,26H,8-16H2,(H,27,30,31)/t2*22-;/m10./s1/i3*8D2,9D2,22D. The molecule has 0 aliphatic carbocycles. The molecule has 24 heteroatoms. The minimum Gasteiger partial charge on any atom is -0.381 e. The number of ether oxygens (including phenoxy) is 3. The van der Waals surface area contributed by atoms with Crippen LogP contribution in [0.1, 0.15) is 140 Å². The van der Waals surface area contributed by atoms with Crippen LogP contribution in [-0.4, -0.2) is 180 Å². The van der Waals surface area contributed by atoms with E-state index in [0.29, 0.717) is 68.1 Å². The summed E-state index contributed by atoms with van der Waals surface area (Å²) in [6.45, 7) is 12.8. The summed E-state index contributed by atoms with van der Waals surface area (Å²) in [5, 5.41) is 15.1. The lowest BCUT2D eigenvalue weighted by Gasteiger charge is -2.29. The second kappa shape index (κ2) is 31.4. The van der Waals surface area contributed by atoms with E-state index in [1.54, 1.807) is 52.3 Å². The van der Waals surface area contributed by atoms with Crippen molar-refractivity contribution in [3.8, 4) is 0 Å². The number of morpholine rings is 3. The van der Waals surface area contributed by atoms with Crippen LogP contribution in [-0.2, 0) is 102 Å².